The van der Waals surface area contributed by atoms with Crippen LogP contribution in [0.15, 0.2) is 0 Å². The number of carbonyl (C=O) groups excluding carboxylic acids is 1. The summed E-state index contributed by atoms with van der Waals surface area (Å²) in [5.41, 5.74) is 0. The van der Waals surface area contributed by atoms with E-state index < -0.39 is 5.97 Å². The Morgan fingerprint density at radius 1 is 1.21 bits per heavy atom. The Balaban J connectivity index is 1.92. The fraction of sp³-hybridized carbons (Fsp3) is 0.867. The lowest BCUT2D eigenvalue weighted by atomic mass is 9.89. The van der Waals surface area contributed by atoms with Gasteiger partial charge in [-0.05, 0) is 44.4 Å². The summed E-state index contributed by atoms with van der Waals surface area (Å²) in [7, 11) is 0. The number of piperidine rings is 1. The Morgan fingerprint density at radius 2 is 1.95 bits per heavy atom. The minimum Gasteiger partial charge on any atom is -0.481 e. The van der Waals surface area contributed by atoms with Crippen LogP contribution in [0.5, 0.6) is 0 Å². The number of likely N-dealkylation sites (tertiary alicyclic amines) is 1. The molecule has 2 unspecified atom stereocenters. The van der Waals surface area contributed by atoms with Crippen molar-refractivity contribution in [2.24, 2.45) is 17.8 Å². The van der Waals surface area contributed by atoms with E-state index in [0.717, 1.165) is 31.7 Å². The summed E-state index contributed by atoms with van der Waals surface area (Å²) in [5.74, 6) is 0.264. The molecule has 2 aliphatic rings. The molecule has 0 spiro atoms. The molecule has 0 bridgehead atoms. The predicted octanol–water partition coefficient (Wildman–Crippen LogP) is 2.52. The number of rotatable bonds is 3. The van der Waals surface area contributed by atoms with Crippen molar-refractivity contribution in [1.29, 1.82) is 0 Å². The smallest absolute Gasteiger partial charge is 0.308 e. The minimum absolute atomic E-state index is 0.155. The van der Waals surface area contributed by atoms with E-state index >= 15 is 0 Å². The van der Waals surface area contributed by atoms with Crippen molar-refractivity contribution >= 4 is 11.9 Å². The third-order valence-corrected chi connectivity index (χ3v) is 4.89. The van der Waals surface area contributed by atoms with Crippen molar-refractivity contribution in [2.75, 3.05) is 6.54 Å². The topological polar surface area (TPSA) is 57.6 Å². The second-order valence-electron chi connectivity index (χ2n) is 6.40. The number of carbonyl (C=O) groups is 2. The van der Waals surface area contributed by atoms with Crippen LogP contribution < -0.4 is 0 Å². The van der Waals surface area contributed by atoms with Gasteiger partial charge in [0.05, 0.1) is 5.92 Å². The first kappa shape index (κ1) is 14.4. The van der Waals surface area contributed by atoms with Gasteiger partial charge in [0.15, 0.2) is 0 Å². The highest BCUT2D eigenvalue weighted by atomic mass is 16.4. The molecular weight excluding hydrogens is 242 g/mol. The maximum absolute atomic E-state index is 12.4. The zero-order valence-corrected chi connectivity index (χ0v) is 12.0. The largest absolute Gasteiger partial charge is 0.481 e. The van der Waals surface area contributed by atoms with Crippen molar-refractivity contribution in [1.82, 2.24) is 4.90 Å². The molecule has 1 amide bonds. The van der Waals surface area contributed by atoms with Crippen LogP contribution in [-0.2, 0) is 9.59 Å². The molecule has 0 aromatic heterocycles. The van der Waals surface area contributed by atoms with Crippen molar-refractivity contribution in [3.05, 3.63) is 0 Å². The van der Waals surface area contributed by atoms with Crippen molar-refractivity contribution in [2.45, 2.75) is 58.4 Å². The van der Waals surface area contributed by atoms with E-state index in [1.54, 1.807) is 0 Å². The van der Waals surface area contributed by atoms with Gasteiger partial charge in [0, 0.05) is 19.0 Å². The first-order valence-electron chi connectivity index (χ1n) is 7.51. The third kappa shape index (κ3) is 3.28. The average Bonchev–Trinajstić information content (AvgIpc) is 2.74. The summed E-state index contributed by atoms with van der Waals surface area (Å²) in [6.07, 6.45) is 5.65. The second kappa shape index (κ2) is 5.93. The summed E-state index contributed by atoms with van der Waals surface area (Å²) < 4.78 is 0. The third-order valence-electron chi connectivity index (χ3n) is 4.89. The van der Waals surface area contributed by atoms with Crippen molar-refractivity contribution in [3.8, 4) is 0 Å². The lowest BCUT2D eigenvalue weighted by Crippen LogP contribution is -2.49. The molecule has 0 aromatic rings. The SMILES string of the molecule is CC1CCC(CC(=O)N2CCC[C@H](C(=O)O)[C@@H]2C)C1. The minimum atomic E-state index is -0.764. The van der Waals surface area contributed by atoms with E-state index in [1.165, 1.54) is 6.42 Å². The van der Waals surface area contributed by atoms with E-state index in [0.29, 0.717) is 18.8 Å². The Bertz CT molecular complexity index is 355. The van der Waals surface area contributed by atoms with Gasteiger partial charge in [-0.3, -0.25) is 9.59 Å². The predicted molar refractivity (Wildman–Crippen MR) is 72.7 cm³/mol. The molecule has 4 atom stereocenters. The zero-order valence-electron chi connectivity index (χ0n) is 12.0. The van der Waals surface area contributed by atoms with E-state index in [4.69, 9.17) is 0 Å². The van der Waals surface area contributed by atoms with E-state index in [9.17, 15) is 14.7 Å². The molecule has 2 fully saturated rings. The molecule has 4 nitrogen and oxygen atoms in total. The van der Waals surface area contributed by atoms with Crippen LogP contribution in [0.4, 0.5) is 0 Å². The molecule has 19 heavy (non-hydrogen) atoms. The summed E-state index contributed by atoms with van der Waals surface area (Å²) in [4.78, 5) is 25.4. The van der Waals surface area contributed by atoms with Gasteiger partial charge in [-0.1, -0.05) is 13.3 Å². The van der Waals surface area contributed by atoms with Crippen LogP contribution in [0.2, 0.25) is 0 Å². The number of nitrogens with zero attached hydrogens (tertiary/aromatic N) is 1. The summed E-state index contributed by atoms with van der Waals surface area (Å²) in [6, 6.07) is -0.155. The van der Waals surface area contributed by atoms with E-state index in [2.05, 4.69) is 6.92 Å². The Kier molecular flexibility index (Phi) is 4.48. The van der Waals surface area contributed by atoms with Crippen molar-refractivity contribution < 1.29 is 14.7 Å². The fourth-order valence-electron chi connectivity index (χ4n) is 3.70. The average molecular weight is 267 g/mol. The zero-order chi connectivity index (χ0) is 14.0. The highest BCUT2D eigenvalue weighted by Crippen LogP contribution is 2.34. The molecule has 1 saturated heterocycles. The molecule has 1 aliphatic carbocycles. The van der Waals surface area contributed by atoms with Gasteiger partial charge in [0.2, 0.25) is 5.91 Å². The molecule has 0 radical (unpaired) electrons. The quantitative estimate of drug-likeness (QED) is 0.854. The van der Waals surface area contributed by atoms with Gasteiger partial charge in [-0.2, -0.15) is 0 Å². The number of hydrogen-bond donors (Lipinski definition) is 1. The number of amides is 1. The van der Waals surface area contributed by atoms with Crippen LogP contribution in [0.3, 0.4) is 0 Å². The molecule has 1 N–H and O–H groups in total. The van der Waals surface area contributed by atoms with Gasteiger partial charge in [0.25, 0.3) is 0 Å². The van der Waals surface area contributed by atoms with Crippen LogP contribution >= 0.6 is 0 Å². The van der Waals surface area contributed by atoms with E-state index in [1.807, 2.05) is 11.8 Å². The standard InChI is InChI=1S/C15H25NO3/c1-10-5-6-12(8-10)9-14(17)16-7-3-4-13(11(16)2)15(18)19/h10-13H,3-9H2,1-2H3,(H,18,19)/t10?,11-,12?,13-/m0/s1. The molecule has 4 heteroatoms. The summed E-state index contributed by atoms with van der Waals surface area (Å²) in [5, 5.41) is 9.19. The van der Waals surface area contributed by atoms with Crippen LogP contribution in [-0.4, -0.2) is 34.5 Å². The first-order valence-corrected chi connectivity index (χ1v) is 7.51. The summed E-state index contributed by atoms with van der Waals surface area (Å²) in [6.45, 7) is 4.85. The molecule has 0 aromatic carbocycles. The lowest BCUT2D eigenvalue weighted by molar-refractivity contribution is -0.149. The Morgan fingerprint density at radius 3 is 2.53 bits per heavy atom. The molecular formula is C15H25NO3. The van der Waals surface area contributed by atoms with Gasteiger partial charge in [0.1, 0.15) is 0 Å². The highest BCUT2D eigenvalue weighted by Gasteiger charge is 2.36. The van der Waals surface area contributed by atoms with E-state index in [-0.39, 0.29) is 17.9 Å². The highest BCUT2D eigenvalue weighted by molar-refractivity contribution is 5.79. The number of hydrogen-bond acceptors (Lipinski definition) is 2. The van der Waals surface area contributed by atoms with Crippen molar-refractivity contribution in [3.63, 3.8) is 0 Å². The van der Waals surface area contributed by atoms with Gasteiger partial charge < -0.3 is 10.0 Å². The van der Waals surface area contributed by atoms with Gasteiger partial charge >= 0.3 is 5.97 Å². The second-order valence-corrected chi connectivity index (χ2v) is 6.40. The summed E-state index contributed by atoms with van der Waals surface area (Å²) >= 11 is 0. The van der Waals surface area contributed by atoms with Crippen LogP contribution in [0.1, 0.15) is 52.4 Å². The maximum Gasteiger partial charge on any atom is 0.308 e. The fourth-order valence-corrected chi connectivity index (χ4v) is 3.70. The molecule has 1 aliphatic heterocycles. The molecule has 108 valence electrons. The molecule has 1 saturated carbocycles. The van der Waals surface area contributed by atoms with Gasteiger partial charge in [-0.15, -0.1) is 0 Å². The number of aliphatic carboxylic acids is 1. The normalized spacial score (nSPS) is 35.4. The van der Waals surface area contributed by atoms with Gasteiger partial charge in [-0.25, -0.2) is 0 Å². The molecule has 1 heterocycles. The molecule has 2 rings (SSSR count). The first-order chi connectivity index (χ1) is 8.99. The number of carboxylic acid groups (broad SMARTS) is 1. The lowest BCUT2D eigenvalue weighted by Gasteiger charge is -2.38. The number of carboxylic acids is 1. The Hall–Kier alpha value is -1.06. The maximum atomic E-state index is 12.4. The monoisotopic (exact) mass is 267 g/mol. The Labute approximate surface area is 115 Å². The van der Waals surface area contributed by atoms with Crippen LogP contribution in [0.25, 0.3) is 0 Å². The van der Waals surface area contributed by atoms with Crippen LogP contribution in [0, 0.1) is 17.8 Å².